The molecule has 1 heterocycles. The number of benzene rings is 2. The lowest BCUT2D eigenvalue weighted by Crippen LogP contribution is -2.45. The number of nitrogens with zero attached hydrogens (tertiary/aromatic N) is 1. The number of fused-ring (bicyclic) bond motifs is 1. The summed E-state index contributed by atoms with van der Waals surface area (Å²) in [6.07, 6.45) is -2.56. The van der Waals surface area contributed by atoms with E-state index in [0.29, 0.717) is 19.1 Å². The van der Waals surface area contributed by atoms with Crippen molar-refractivity contribution in [1.82, 2.24) is 10.2 Å². The molecule has 1 saturated heterocycles. The molecule has 1 aliphatic heterocycles. The van der Waals surface area contributed by atoms with Crippen LogP contribution in [0.4, 0.5) is 13.2 Å². The first-order chi connectivity index (χ1) is 11.0. The maximum Gasteiger partial charge on any atom is 0.401 e. The molecule has 0 aliphatic carbocycles. The van der Waals surface area contributed by atoms with Gasteiger partial charge in [0.05, 0.1) is 6.54 Å². The number of rotatable bonds is 4. The highest BCUT2D eigenvalue weighted by atomic mass is 19.4. The number of likely N-dealkylation sites (tertiary alicyclic amines) is 1. The van der Waals surface area contributed by atoms with Gasteiger partial charge in [-0.05, 0) is 48.3 Å². The Labute approximate surface area is 134 Å². The van der Waals surface area contributed by atoms with Gasteiger partial charge >= 0.3 is 6.18 Å². The Morgan fingerprint density at radius 2 is 1.70 bits per heavy atom. The smallest absolute Gasteiger partial charge is 0.310 e. The molecule has 5 heteroatoms. The van der Waals surface area contributed by atoms with Crippen LogP contribution in [0.3, 0.4) is 0 Å². The van der Waals surface area contributed by atoms with Gasteiger partial charge in [0.1, 0.15) is 0 Å². The Morgan fingerprint density at radius 3 is 2.39 bits per heavy atom. The first-order valence-electron chi connectivity index (χ1n) is 8.00. The van der Waals surface area contributed by atoms with E-state index in [9.17, 15) is 13.2 Å². The second-order valence-electron chi connectivity index (χ2n) is 6.23. The maximum absolute atomic E-state index is 12.4. The normalized spacial score (nSPS) is 17.7. The van der Waals surface area contributed by atoms with Gasteiger partial charge in [-0.25, -0.2) is 0 Å². The topological polar surface area (TPSA) is 15.3 Å². The summed E-state index contributed by atoms with van der Waals surface area (Å²) < 4.78 is 37.1. The van der Waals surface area contributed by atoms with Crippen LogP contribution in [0.15, 0.2) is 42.5 Å². The highest BCUT2D eigenvalue weighted by Gasteiger charge is 2.32. The van der Waals surface area contributed by atoms with E-state index in [2.05, 4.69) is 35.6 Å². The molecule has 0 saturated carbocycles. The van der Waals surface area contributed by atoms with Crippen LogP contribution in [-0.2, 0) is 6.54 Å². The summed E-state index contributed by atoms with van der Waals surface area (Å²) in [6.45, 7) is 0.989. The number of hydrogen-bond donors (Lipinski definition) is 1. The first kappa shape index (κ1) is 16.3. The van der Waals surface area contributed by atoms with Gasteiger partial charge in [0.25, 0.3) is 0 Å². The molecular formula is C18H21F3N2. The summed E-state index contributed by atoms with van der Waals surface area (Å²) in [5.41, 5.74) is 1.21. The second kappa shape index (κ2) is 6.89. The summed E-state index contributed by atoms with van der Waals surface area (Å²) in [5.74, 6) is 0. The van der Waals surface area contributed by atoms with Crippen LogP contribution in [0, 0.1) is 0 Å². The Hall–Kier alpha value is -1.59. The lowest BCUT2D eigenvalue weighted by Gasteiger charge is -2.32. The molecule has 2 aromatic carbocycles. The summed E-state index contributed by atoms with van der Waals surface area (Å²) in [7, 11) is 0. The molecule has 0 radical (unpaired) electrons. The van der Waals surface area contributed by atoms with Crippen molar-refractivity contribution < 1.29 is 13.2 Å². The number of hydrogen-bond acceptors (Lipinski definition) is 2. The fourth-order valence-corrected chi connectivity index (χ4v) is 3.16. The van der Waals surface area contributed by atoms with Gasteiger partial charge in [0.15, 0.2) is 0 Å². The largest absolute Gasteiger partial charge is 0.401 e. The van der Waals surface area contributed by atoms with Gasteiger partial charge in [0, 0.05) is 12.6 Å². The molecule has 0 atom stereocenters. The molecule has 0 aromatic heterocycles. The van der Waals surface area contributed by atoms with E-state index in [1.807, 2.05) is 12.1 Å². The second-order valence-corrected chi connectivity index (χ2v) is 6.23. The number of nitrogens with one attached hydrogen (secondary N) is 1. The van der Waals surface area contributed by atoms with Gasteiger partial charge in [-0.1, -0.05) is 36.4 Å². The van der Waals surface area contributed by atoms with Gasteiger partial charge in [-0.15, -0.1) is 0 Å². The Bertz CT molecular complexity index is 646. The monoisotopic (exact) mass is 322 g/mol. The average Bonchev–Trinajstić information content (AvgIpc) is 2.52. The SMILES string of the molecule is FC(F)(F)CN1CCC(NCc2ccc3ccccc3c2)CC1. The van der Waals surface area contributed by atoms with Crippen molar-refractivity contribution in [3.8, 4) is 0 Å². The zero-order chi connectivity index (χ0) is 16.3. The van der Waals surface area contributed by atoms with Crippen molar-refractivity contribution in [1.29, 1.82) is 0 Å². The Kier molecular flexibility index (Phi) is 4.87. The first-order valence-corrected chi connectivity index (χ1v) is 8.00. The van der Waals surface area contributed by atoms with Crippen LogP contribution in [0.2, 0.25) is 0 Å². The lowest BCUT2D eigenvalue weighted by atomic mass is 10.0. The maximum atomic E-state index is 12.4. The summed E-state index contributed by atoms with van der Waals surface area (Å²) >= 11 is 0. The number of piperidine rings is 1. The minimum Gasteiger partial charge on any atom is -0.310 e. The molecule has 1 N–H and O–H groups in total. The van der Waals surface area contributed by atoms with E-state index in [-0.39, 0.29) is 0 Å². The quantitative estimate of drug-likeness (QED) is 0.917. The molecule has 3 rings (SSSR count). The van der Waals surface area contributed by atoms with Crippen molar-refractivity contribution in [2.75, 3.05) is 19.6 Å². The zero-order valence-electron chi connectivity index (χ0n) is 12.9. The standard InChI is InChI=1S/C18H21F3N2/c19-18(20,21)13-23-9-7-17(8-10-23)22-12-14-5-6-15-3-1-2-4-16(15)11-14/h1-6,11,17,22H,7-10,12-13H2. The van der Waals surface area contributed by atoms with Crippen molar-refractivity contribution in [3.05, 3.63) is 48.0 Å². The molecule has 0 bridgehead atoms. The Balaban J connectivity index is 1.49. The van der Waals surface area contributed by atoms with E-state index in [0.717, 1.165) is 19.4 Å². The molecule has 1 fully saturated rings. The molecule has 0 spiro atoms. The molecule has 0 amide bonds. The molecule has 2 aromatic rings. The van der Waals surface area contributed by atoms with Crippen LogP contribution in [-0.4, -0.2) is 36.8 Å². The Morgan fingerprint density at radius 1 is 1.00 bits per heavy atom. The molecule has 0 unspecified atom stereocenters. The van der Waals surface area contributed by atoms with Gasteiger partial charge in [0.2, 0.25) is 0 Å². The third kappa shape index (κ3) is 4.69. The third-order valence-electron chi connectivity index (χ3n) is 4.40. The van der Waals surface area contributed by atoms with Crippen molar-refractivity contribution in [3.63, 3.8) is 0 Å². The van der Waals surface area contributed by atoms with Crippen LogP contribution >= 0.6 is 0 Å². The van der Waals surface area contributed by atoms with Gasteiger partial charge < -0.3 is 5.32 Å². The van der Waals surface area contributed by atoms with E-state index in [1.54, 1.807) is 0 Å². The molecular weight excluding hydrogens is 301 g/mol. The van der Waals surface area contributed by atoms with E-state index >= 15 is 0 Å². The fraction of sp³-hybridized carbons (Fsp3) is 0.444. The van der Waals surface area contributed by atoms with E-state index in [1.165, 1.54) is 21.2 Å². The third-order valence-corrected chi connectivity index (χ3v) is 4.40. The predicted molar refractivity (Wildman–Crippen MR) is 86.3 cm³/mol. The van der Waals surface area contributed by atoms with Gasteiger partial charge in [-0.2, -0.15) is 13.2 Å². The van der Waals surface area contributed by atoms with Crippen molar-refractivity contribution in [2.24, 2.45) is 0 Å². The minimum absolute atomic E-state index is 0.297. The van der Waals surface area contributed by atoms with Gasteiger partial charge in [-0.3, -0.25) is 4.90 Å². The van der Waals surface area contributed by atoms with Crippen LogP contribution in [0.5, 0.6) is 0 Å². The number of alkyl halides is 3. The van der Waals surface area contributed by atoms with E-state index in [4.69, 9.17) is 0 Å². The summed E-state index contributed by atoms with van der Waals surface area (Å²) in [6, 6.07) is 14.9. The predicted octanol–water partition coefficient (Wildman–Crippen LogP) is 3.96. The van der Waals surface area contributed by atoms with Crippen LogP contribution < -0.4 is 5.32 Å². The molecule has 124 valence electrons. The fourth-order valence-electron chi connectivity index (χ4n) is 3.16. The molecule has 23 heavy (non-hydrogen) atoms. The minimum atomic E-state index is -4.09. The lowest BCUT2D eigenvalue weighted by molar-refractivity contribution is -0.148. The van der Waals surface area contributed by atoms with Crippen LogP contribution in [0.25, 0.3) is 10.8 Å². The number of halogens is 3. The summed E-state index contributed by atoms with van der Waals surface area (Å²) in [5, 5.41) is 5.91. The van der Waals surface area contributed by atoms with E-state index < -0.39 is 12.7 Å². The zero-order valence-corrected chi connectivity index (χ0v) is 12.9. The molecule has 1 aliphatic rings. The van der Waals surface area contributed by atoms with Crippen LogP contribution in [0.1, 0.15) is 18.4 Å². The summed E-state index contributed by atoms with van der Waals surface area (Å²) in [4.78, 5) is 1.49. The highest BCUT2D eigenvalue weighted by molar-refractivity contribution is 5.82. The molecule has 2 nitrogen and oxygen atoms in total. The van der Waals surface area contributed by atoms with Crippen molar-refractivity contribution >= 4 is 10.8 Å². The average molecular weight is 322 g/mol. The highest BCUT2D eigenvalue weighted by Crippen LogP contribution is 2.20. The van der Waals surface area contributed by atoms with Crippen molar-refractivity contribution in [2.45, 2.75) is 31.6 Å².